The molecule has 1 aliphatic carbocycles. The normalized spacial score (nSPS) is 29.3. The van der Waals surface area contributed by atoms with Crippen molar-refractivity contribution in [2.75, 3.05) is 0 Å². The van der Waals surface area contributed by atoms with Gasteiger partial charge in [0, 0.05) is 1.37 Å². The molecule has 0 amide bonds. The Bertz CT molecular complexity index is 82.4. The van der Waals surface area contributed by atoms with E-state index in [4.69, 9.17) is 1.37 Å². The predicted molar refractivity (Wildman–Crippen MR) is 32.2 cm³/mol. The van der Waals surface area contributed by atoms with Gasteiger partial charge in [-0.25, -0.2) is 0 Å². The molecule has 0 aromatic rings. The van der Waals surface area contributed by atoms with Gasteiger partial charge >= 0.3 is 0 Å². The molecule has 42 valence electrons. The molecule has 0 unspecified atom stereocenters. The molecular weight excluding hydrogens is 84.1 g/mol. The molecule has 0 heteroatoms. The van der Waals surface area contributed by atoms with Crippen LogP contribution in [0.1, 0.15) is 34.5 Å². The summed E-state index contributed by atoms with van der Waals surface area (Å²) in [6, 6.07) is 0. The third-order valence-electron chi connectivity index (χ3n) is 1.81. The highest BCUT2D eigenvalue weighted by atomic mass is 14.3. The van der Waals surface area contributed by atoms with Crippen LogP contribution in [-0.4, -0.2) is 0 Å². The Morgan fingerprint density at radius 1 is 1.57 bits per heavy atom. The second-order valence-electron chi connectivity index (χ2n) is 2.67. The average Bonchev–Trinajstić information content (AvgIpc) is 1.60. The molecule has 1 saturated carbocycles. The van der Waals surface area contributed by atoms with E-state index >= 15 is 0 Å². The molecule has 1 rings (SSSR count). The molecular formula is C7H14. The molecule has 0 saturated heterocycles. The maximum Gasteiger partial charge on any atom is 0.0305 e. The highest BCUT2D eigenvalue weighted by Crippen LogP contribution is 2.32. The average molecular weight is 99.2 g/mol. The molecule has 0 N–H and O–H groups in total. The fourth-order valence-electron chi connectivity index (χ4n) is 0.958. The minimum atomic E-state index is -0.0278. The van der Waals surface area contributed by atoms with Crippen molar-refractivity contribution in [1.82, 2.24) is 0 Å². The van der Waals surface area contributed by atoms with Crippen LogP contribution in [0.3, 0.4) is 0 Å². The summed E-state index contributed by atoms with van der Waals surface area (Å²) in [5.41, 5.74) is 0. The third-order valence-corrected chi connectivity index (χ3v) is 1.81. The molecule has 0 nitrogen and oxygen atoms in total. The number of rotatable bonds is 1. The molecule has 0 heterocycles. The second kappa shape index (κ2) is 1.85. The Balaban J connectivity index is 2.41. The minimum Gasteiger partial charge on any atom is -0.0625 e. The Labute approximate surface area is 47.3 Å². The van der Waals surface area contributed by atoms with Crippen molar-refractivity contribution in [2.24, 2.45) is 11.8 Å². The first-order chi connectivity index (χ1) is 3.65. The lowest BCUT2D eigenvalue weighted by molar-refractivity contribution is 0.235. The molecule has 0 spiro atoms. The molecule has 0 aromatic heterocycles. The van der Waals surface area contributed by atoms with Crippen molar-refractivity contribution in [1.29, 1.82) is 0 Å². The van der Waals surface area contributed by atoms with Gasteiger partial charge in [-0.15, -0.1) is 0 Å². The highest BCUT2D eigenvalue weighted by molar-refractivity contribution is 4.71. The van der Waals surface area contributed by atoms with Crippen LogP contribution in [0.4, 0.5) is 0 Å². The zero-order chi connectivity index (χ0) is 6.20. The molecule has 1 fully saturated rings. The van der Waals surface area contributed by atoms with Gasteiger partial charge in [-0.1, -0.05) is 33.1 Å². The summed E-state index contributed by atoms with van der Waals surface area (Å²) in [7, 11) is 0. The summed E-state index contributed by atoms with van der Waals surface area (Å²) < 4.78 is 7.72. The Morgan fingerprint density at radius 2 is 2.14 bits per heavy atom. The maximum atomic E-state index is 7.72. The zero-order valence-electron chi connectivity index (χ0n) is 6.20. The summed E-state index contributed by atoms with van der Waals surface area (Å²) in [5, 5.41) is 0. The zero-order valence-corrected chi connectivity index (χ0v) is 5.20. The van der Waals surface area contributed by atoms with Crippen molar-refractivity contribution in [3.05, 3.63) is 0 Å². The molecule has 0 aromatic carbocycles. The lowest BCUT2D eigenvalue weighted by atomic mass is 9.78. The van der Waals surface area contributed by atoms with Gasteiger partial charge in [0.1, 0.15) is 0 Å². The Hall–Kier alpha value is 0. The van der Waals surface area contributed by atoms with Crippen molar-refractivity contribution in [2.45, 2.75) is 33.1 Å². The van der Waals surface area contributed by atoms with E-state index in [1.807, 2.05) is 0 Å². The van der Waals surface area contributed by atoms with Gasteiger partial charge < -0.3 is 0 Å². The van der Waals surface area contributed by atoms with Crippen LogP contribution in [0.2, 0.25) is 0 Å². The van der Waals surface area contributed by atoms with Crippen molar-refractivity contribution >= 4 is 0 Å². The van der Waals surface area contributed by atoms with Gasteiger partial charge in [-0.05, 0) is 11.8 Å². The van der Waals surface area contributed by atoms with Gasteiger partial charge in [0.2, 0.25) is 0 Å². The Kier molecular flexibility index (Phi) is 1.04. The third kappa shape index (κ3) is 0.960. The SMILES string of the molecule is [2H]C1(C(C)C)CCC1. The van der Waals surface area contributed by atoms with Gasteiger partial charge in [0.25, 0.3) is 0 Å². The summed E-state index contributed by atoms with van der Waals surface area (Å²) in [4.78, 5) is 0. The van der Waals surface area contributed by atoms with Crippen LogP contribution in [0.25, 0.3) is 0 Å². The van der Waals surface area contributed by atoms with E-state index in [2.05, 4.69) is 13.8 Å². The number of hydrogen-bond donors (Lipinski definition) is 0. The summed E-state index contributed by atoms with van der Waals surface area (Å²) >= 11 is 0. The molecule has 7 heavy (non-hydrogen) atoms. The van der Waals surface area contributed by atoms with Gasteiger partial charge in [0.05, 0.1) is 0 Å². The fraction of sp³-hybridized carbons (Fsp3) is 1.00. The quantitative estimate of drug-likeness (QED) is 0.473. The lowest BCUT2D eigenvalue weighted by Crippen LogP contribution is -2.16. The standard InChI is InChI=1S/C7H14/c1-6(2)7-4-3-5-7/h6-7H,3-5H2,1-2H3/i7D. The van der Waals surface area contributed by atoms with E-state index in [0.717, 1.165) is 12.8 Å². The van der Waals surface area contributed by atoms with Crippen LogP contribution in [0.15, 0.2) is 0 Å². The largest absolute Gasteiger partial charge is 0.0625 e. The first kappa shape index (κ1) is 3.94. The van der Waals surface area contributed by atoms with E-state index < -0.39 is 0 Å². The predicted octanol–water partition coefficient (Wildman–Crippen LogP) is 2.44. The van der Waals surface area contributed by atoms with Gasteiger partial charge in [0.15, 0.2) is 0 Å². The maximum absolute atomic E-state index is 7.72. The lowest BCUT2D eigenvalue weighted by Gasteiger charge is -2.28. The second-order valence-corrected chi connectivity index (χ2v) is 2.67. The van der Waals surface area contributed by atoms with E-state index in [1.165, 1.54) is 6.42 Å². The summed E-state index contributed by atoms with van der Waals surface area (Å²) in [6.07, 6.45) is 3.54. The van der Waals surface area contributed by atoms with Crippen LogP contribution in [0, 0.1) is 11.8 Å². The first-order valence-electron chi connectivity index (χ1n) is 3.65. The Morgan fingerprint density at radius 3 is 2.14 bits per heavy atom. The van der Waals surface area contributed by atoms with E-state index in [-0.39, 0.29) is 5.89 Å². The van der Waals surface area contributed by atoms with E-state index in [1.54, 1.807) is 0 Å². The van der Waals surface area contributed by atoms with Crippen molar-refractivity contribution in [3.8, 4) is 0 Å². The van der Waals surface area contributed by atoms with Crippen LogP contribution in [-0.2, 0) is 0 Å². The van der Waals surface area contributed by atoms with Crippen molar-refractivity contribution in [3.63, 3.8) is 0 Å². The van der Waals surface area contributed by atoms with Crippen LogP contribution in [0.5, 0.6) is 0 Å². The van der Waals surface area contributed by atoms with E-state index in [0.29, 0.717) is 5.92 Å². The first-order valence-corrected chi connectivity index (χ1v) is 3.15. The van der Waals surface area contributed by atoms with Gasteiger partial charge in [-0.2, -0.15) is 0 Å². The number of hydrogen-bond acceptors (Lipinski definition) is 0. The summed E-state index contributed by atoms with van der Waals surface area (Å²) in [6.45, 7) is 4.29. The molecule has 0 radical (unpaired) electrons. The molecule has 0 atom stereocenters. The molecule has 1 aliphatic rings. The molecule has 0 aliphatic heterocycles. The fourth-order valence-corrected chi connectivity index (χ4v) is 0.958. The summed E-state index contributed by atoms with van der Waals surface area (Å²) in [5.74, 6) is 0.538. The van der Waals surface area contributed by atoms with Crippen molar-refractivity contribution < 1.29 is 1.37 Å². The molecule has 0 bridgehead atoms. The monoisotopic (exact) mass is 99.1 g/mol. The minimum absolute atomic E-state index is 0.0278. The van der Waals surface area contributed by atoms with Crippen LogP contribution < -0.4 is 0 Å². The van der Waals surface area contributed by atoms with E-state index in [9.17, 15) is 0 Å². The smallest absolute Gasteiger partial charge is 0.0305 e. The highest BCUT2D eigenvalue weighted by Gasteiger charge is 2.19. The van der Waals surface area contributed by atoms with Gasteiger partial charge in [-0.3, -0.25) is 0 Å². The van der Waals surface area contributed by atoms with Crippen LogP contribution >= 0.6 is 0 Å². The topological polar surface area (TPSA) is 0 Å².